The molecule has 0 spiro atoms. The summed E-state index contributed by atoms with van der Waals surface area (Å²) in [6.45, 7) is 0.559. The number of aliphatic hydroxyl groups is 1. The summed E-state index contributed by atoms with van der Waals surface area (Å²) in [5.74, 6) is 0.253. The van der Waals surface area contributed by atoms with Crippen LogP contribution in [0.5, 0.6) is 5.75 Å². The van der Waals surface area contributed by atoms with E-state index in [1.54, 1.807) is 10.8 Å². The first kappa shape index (κ1) is 18.9. The Bertz CT molecular complexity index is 908. The molecular formula is C22H24N2O3. The molecule has 3 aromatic rings. The van der Waals surface area contributed by atoms with Crippen LogP contribution in [0.1, 0.15) is 16.8 Å². The maximum absolute atomic E-state index is 12.3. The van der Waals surface area contributed by atoms with Crippen LogP contribution in [0.2, 0.25) is 0 Å². The fourth-order valence-corrected chi connectivity index (χ4v) is 2.98. The second-order valence-corrected chi connectivity index (χ2v) is 6.53. The molecule has 2 aromatic carbocycles. The van der Waals surface area contributed by atoms with Crippen LogP contribution < -0.4 is 15.9 Å². The van der Waals surface area contributed by atoms with E-state index in [0.29, 0.717) is 25.3 Å². The largest absolute Gasteiger partial charge is 0.483 e. The van der Waals surface area contributed by atoms with Crippen LogP contribution in [0.25, 0.3) is 0 Å². The van der Waals surface area contributed by atoms with Crippen molar-refractivity contribution in [3.05, 3.63) is 100.0 Å². The third-order valence-corrected chi connectivity index (χ3v) is 4.35. The van der Waals surface area contributed by atoms with E-state index in [9.17, 15) is 9.90 Å². The molecule has 0 saturated carbocycles. The number of hydrogen-bond donors (Lipinski definition) is 2. The van der Waals surface area contributed by atoms with Gasteiger partial charge in [-0.1, -0.05) is 60.7 Å². The molecule has 0 aliphatic rings. The van der Waals surface area contributed by atoms with Crippen LogP contribution in [0.3, 0.4) is 0 Å². The predicted octanol–water partition coefficient (Wildman–Crippen LogP) is 2.49. The fraction of sp³-hybridized carbons (Fsp3) is 0.227. The van der Waals surface area contributed by atoms with Gasteiger partial charge >= 0.3 is 0 Å². The van der Waals surface area contributed by atoms with Crippen LogP contribution >= 0.6 is 0 Å². The summed E-state index contributed by atoms with van der Waals surface area (Å²) >= 11 is 0. The van der Waals surface area contributed by atoms with Gasteiger partial charge in [-0.15, -0.1) is 0 Å². The summed E-state index contributed by atoms with van der Waals surface area (Å²) in [5, 5.41) is 9.60. The molecule has 3 rings (SSSR count). The van der Waals surface area contributed by atoms with Gasteiger partial charge in [0.25, 0.3) is 0 Å². The van der Waals surface area contributed by atoms with Gasteiger partial charge in [-0.25, -0.2) is 0 Å². The summed E-state index contributed by atoms with van der Waals surface area (Å²) in [6, 6.07) is 20.9. The van der Waals surface area contributed by atoms with Gasteiger partial charge in [-0.3, -0.25) is 4.79 Å². The highest BCUT2D eigenvalue weighted by Crippen LogP contribution is 2.12. The lowest BCUT2D eigenvalue weighted by Crippen LogP contribution is -2.30. The van der Waals surface area contributed by atoms with Crippen molar-refractivity contribution in [2.24, 2.45) is 5.73 Å². The Morgan fingerprint density at radius 2 is 1.63 bits per heavy atom. The molecule has 0 bridgehead atoms. The average molecular weight is 364 g/mol. The molecule has 0 aliphatic heterocycles. The van der Waals surface area contributed by atoms with Gasteiger partial charge < -0.3 is 20.1 Å². The lowest BCUT2D eigenvalue weighted by molar-refractivity contribution is 0.264. The van der Waals surface area contributed by atoms with Crippen molar-refractivity contribution in [3.8, 4) is 5.75 Å². The Kier molecular flexibility index (Phi) is 6.41. The minimum absolute atomic E-state index is 0.151. The molecule has 1 unspecified atom stereocenters. The summed E-state index contributed by atoms with van der Waals surface area (Å²) in [7, 11) is 0. The molecule has 0 fully saturated rings. The molecule has 1 aromatic heterocycles. The molecule has 5 nitrogen and oxygen atoms in total. The standard InChI is InChI=1S/C22H24N2O3/c23-19(11-17-7-3-1-4-8-17)13-24-14-22(21(26)12-20(24)15-25)27-16-18-9-5-2-6-10-18/h1-10,12,14,19,25H,11,13,15-16,23H2. The number of aromatic nitrogens is 1. The molecule has 5 heteroatoms. The highest BCUT2D eigenvalue weighted by molar-refractivity contribution is 5.23. The Morgan fingerprint density at radius 1 is 1.00 bits per heavy atom. The normalized spacial score (nSPS) is 11.9. The number of nitrogens with zero attached hydrogens (tertiary/aromatic N) is 1. The quantitative estimate of drug-likeness (QED) is 0.644. The highest BCUT2D eigenvalue weighted by Gasteiger charge is 2.11. The third-order valence-electron chi connectivity index (χ3n) is 4.35. The van der Waals surface area contributed by atoms with Crippen molar-refractivity contribution < 1.29 is 9.84 Å². The number of nitrogens with two attached hydrogens (primary N) is 1. The number of pyridine rings is 1. The van der Waals surface area contributed by atoms with Gasteiger partial charge in [0, 0.05) is 24.3 Å². The molecule has 0 aliphatic carbocycles. The van der Waals surface area contributed by atoms with Crippen molar-refractivity contribution in [1.82, 2.24) is 4.57 Å². The number of aliphatic hydroxyl groups excluding tert-OH is 1. The van der Waals surface area contributed by atoms with Crippen molar-refractivity contribution in [1.29, 1.82) is 0 Å². The first-order valence-corrected chi connectivity index (χ1v) is 8.96. The summed E-state index contributed by atoms with van der Waals surface area (Å²) in [6.07, 6.45) is 2.35. The van der Waals surface area contributed by atoms with E-state index in [1.807, 2.05) is 60.7 Å². The molecule has 0 saturated heterocycles. The van der Waals surface area contributed by atoms with E-state index in [1.165, 1.54) is 6.07 Å². The van der Waals surface area contributed by atoms with Crippen molar-refractivity contribution in [2.75, 3.05) is 0 Å². The topological polar surface area (TPSA) is 77.5 Å². The van der Waals surface area contributed by atoms with Gasteiger partial charge in [0.05, 0.1) is 12.8 Å². The molecule has 1 atom stereocenters. The summed E-state index contributed by atoms with van der Waals surface area (Å²) in [4.78, 5) is 12.3. The fourth-order valence-electron chi connectivity index (χ4n) is 2.98. The monoisotopic (exact) mass is 364 g/mol. The van der Waals surface area contributed by atoms with Crippen molar-refractivity contribution >= 4 is 0 Å². The smallest absolute Gasteiger partial charge is 0.223 e. The van der Waals surface area contributed by atoms with Crippen LogP contribution in [0.4, 0.5) is 0 Å². The molecule has 3 N–H and O–H groups in total. The van der Waals surface area contributed by atoms with Gasteiger partial charge in [-0.2, -0.15) is 0 Å². The Labute approximate surface area is 158 Å². The van der Waals surface area contributed by atoms with E-state index in [2.05, 4.69) is 0 Å². The minimum Gasteiger partial charge on any atom is -0.483 e. The molecule has 140 valence electrons. The average Bonchev–Trinajstić information content (AvgIpc) is 2.69. The lowest BCUT2D eigenvalue weighted by Gasteiger charge is -2.18. The molecule has 0 radical (unpaired) electrons. The number of rotatable bonds is 8. The first-order chi connectivity index (χ1) is 13.2. The zero-order valence-corrected chi connectivity index (χ0v) is 15.1. The van der Waals surface area contributed by atoms with Crippen molar-refractivity contribution in [2.45, 2.75) is 32.2 Å². The predicted molar refractivity (Wildman–Crippen MR) is 106 cm³/mol. The number of hydrogen-bond acceptors (Lipinski definition) is 4. The lowest BCUT2D eigenvalue weighted by atomic mass is 10.1. The molecular weight excluding hydrogens is 340 g/mol. The zero-order valence-electron chi connectivity index (χ0n) is 15.1. The third kappa shape index (κ3) is 5.29. The van der Waals surface area contributed by atoms with Crippen LogP contribution in [0, 0.1) is 0 Å². The summed E-state index contributed by atoms with van der Waals surface area (Å²) in [5.41, 5.74) is 8.70. The van der Waals surface area contributed by atoms with E-state index in [-0.39, 0.29) is 23.8 Å². The minimum atomic E-state index is -0.247. The van der Waals surface area contributed by atoms with Crippen LogP contribution in [0.15, 0.2) is 77.7 Å². The first-order valence-electron chi connectivity index (χ1n) is 8.96. The van der Waals surface area contributed by atoms with E-state index in [4.69, 9.17) is 10.5 Å². The molecule has 1 heterocycles. The van der Waals surface area contributed by atoms with E-state index in [0.717, 1.165) is 11.1 Å². The van der Waals surface area contributed by atoms with Gasteiger partial charge in [0.15, 0.2) is 5.75 Å². The summed E-state index contributed by atoms with van der Waals surface area (Å²) < 4.78 is 7.51. The second kappa shape index (κ2) is 9.16. The Hall–Kier alpha value is -2.89. The maximum Gasteiger partial charge on any atom is 0.223 e. The van der Waals surface area contributed by atoms with Crippen LogP contribution in [-0.4, -0.2) is 15.7 Å². The van der Waals surface area contributed by atoms with Gasteiger partial charge in [-0.05, 0) is 17.5 Å². The SMILES string of the molecule is NC(Cc1ccccc1)Cn1cc(OCc2ccccc2)c(=O)cc1CO. The van der Waals surface area contributed by atoms with E-state index < -0.39 is 0 Å². The number of ether oxygens (including phenoxy) is 1. The second-order valence-electron chi connectivity index (χ2n) is 6.53. The maximum atomic E-state index is 12.3. The Balaban J connectivity index is 1.74. The van der Waals surface area contributed by atoms with E-state index >= 15 is 0 Å². The van der Waals surface area contributed by atoms with Gasteiger partial charge in [0.1, 0.15) is 6.61 Å². The Morgan fingerprint density at radius 3 is 2.26 bits per heavy atom. The van der Waals surface area contributed by atoms with Crippen molar-refractivity contribution in [3.63, 3.8) is 0 Å². The van der Waals surface area contributed by atoms with Crippen LogP contribution in [-0.2, 0) is 26.2 Å². The molecule has 0 amide bonds. The highest BCUT2D eigenvalue weighted by atomic mass is 16.5. The van der Waals surface area contributed by atoms with Gasteiger partial charge in [0.2, 0.25) is 5.43 Å². The zero-order chi connectivity index (χ0) is 19.1. The molecule has 27 heavy (non-hydrogen) atoms. The number of benzene rings is 2.